The molecule has 9 heteroatoms. The molecule has 1 atom stereocenters. The summed E-state index contributed by atoms with van der Waals surface area (Å²) in [5.41, 5.74) is 0.434. The van der Waals surface area contributed by atoms with Gasteiger partial charge in [0.1, 0.15) is 6.04 Å². The van der Waals surface area contributed by atoms with Crippen LogP contribution < -0.4 is 10.2 Å². The van der Waals surface area contributed by atoms with Crippen LogP contribution >= 0.6 is 0 Å². The predicted molar refractivity (Wildman–Crippen MR) is 100 cm³/mol. The molecule has 2 saturated heterocycles. The number of aliphatic carboxylic acids is 1. The van der Waals surface area contributed by atoms with Gasteiger partial charge in [-0.1, -0.05) is 0 Å². The van der Waals surface area contributed by atoms with Crippen LogP contribution in [0.2, 0.25) is 0 Å². The molecule has 1 unspecified atom stereocenters. The summed E-state index contributed by atoms with van der Waals surface area (Å²) in [6.07, 6.45) is 1.15. The summed E-state index contributed by atoms with van der Waals surface area (Å²) in [4.78, 5) is 63.5. The van der Waals surface area contributed by atoms with Crippen molar-refractivity contribution in [2.75, 3.05) is 18.0 Å². The van der Waals surface area contributed by atoms with Crippen molar-refractivity contribution in [1.82, 2.24) is 10.2 Å². The first kappa shape index (κ1) is 19.1. The fourth-order valence-corrected chi connectivity index (χ4v) is 4.13. The van der Waals surface area contributed by atoms with E-state index in [1.54, 1.807) is 25.1 Å². The Balaban J connectivity index is 1.56. The number of piperidine rings is 2. The number of nitrogens with one attached hydrogen (secondary N) is 1. The van der Waals surface area contributed by atoms with Gasteiger partial charge in [0.05, 0.1) is 16.5 Å². The molecule has 29 heavy (non-hydrogen) atoms. The molecule has 152 valence electrons. The van der Waals surface area contributed by atoms with Gasteiger partial charge in [-0.15, -0.1) is 0 Å². The van der Waals surface area contributed by atoms with E-state index in [1.807, 2.05) is 4.90 Å². The van der Waals surface area contributed by atoms with Crippen molar-refractivity contribution >= 4 is 35.3 Å². The summed E-state index contributed by atoms with van der Waals surface area (Å²) in [6, 6.07) is 3.95. The highest BCUT2D eigenvalue weighted by molar-refractivity contribution is 6.23. The normalized spacial score (nSPS) is 23.8. The van der Waals surface area contributed by atoms with Crippen LogP contribution in [0.3, 0.4) is 0 Å². The smallest absolute Gasteiger partial charge is 0.309 e. The Morgan fingerprint density at radius 1 is 1.10 bits per heavy atom. The first-order valence-electron chi connectivity index (χ1n) is 9.55. The molecule has 2 N–H and O–H groups in total. The van der Waals surface area contributed by atoms with E-state index in [0.29, 0.717) is 25.9 Å². The van der Waals surface area contributed by atoms with Crippen molar-refractivity contribution in [3.8, 4) is 0 Å². The van der Waals surface area contributed by atoms with Gasteiger partial charge in [-0.3, -0.25) is 34.2 Å². The van der Waals surface area contributed by atoms with Crippen molar-refractivity contribution < 1.29 is 29.1 Å². The first-order chi connectivity index (χ1) is 13.7. The number of carboxylic acids is 1. The topological polar surface area (TPSA) is 124 Å². The molecule has 0 saturated carbocycles. The van der Waals surface area contributed by atoms with Crippen LogP contribution in [0.5, 0.6) is 0 Å². The Hall–Kier alpha value is -3.23. The molecule has 0 aromatic heterocycles. The second-order valence-electron chi connectivity index (χ2n) is 8.03. The lowest BCUT2D eigenvalue weighted by Gasteiger charge is -2.37. The fourth-order valence-electron chi connectivity index (χ4n) is 4.13. The molecule has 0 aliphatic carbocycles. The van der Waals surface area contributed by atoms with Crippen molar-refractivity contribution in [3.05, 3.63) is 29.3 Å². The van der Waals surface area contributed by atoms with Gasteiger partial charge in [0.2, 0.25) is 11.8 Å². The first-order valence-corrected chi connectivity index (χ1v) is 9.55. The maximum Gasteiger partial charge on any atom is 0.309 e. The molecule has 2 fully saturated rings. The highest BCUT2D eigenvalue weighted by Gasteiger charge is 2.45. The minimum atomic E-state index is -0.991. The van der Waals surface area contributed by atoms with Crippen LogP contribution in [0.1, 0.15) is 53.3 Å². The van der Waals surface area contributed by atoms with Crippen LogP contribution in [0.15, 0.2) is 18.2 Å². The molecular formula is C20H21N3O6. The van der Waals surface area contributed by atoms with Crippen LogP contribution in [0.25, 0.3) is 0 Å². The lowest BCUT2D eigenvalue weighted by Crippen LogP contribution is -2.54. The number of amides is 4. The van der Waals surface area contributed by atoms with Crippen LogP contribution in [0, 0.1) is 5.41 Å². The quantitative estimate of drug-likeness (QED) is 0.720. The van der Waals surface area contributed by atoms with Gasteiger partial charge in [-0.25, -0.2) is 0 Å². The summed E-state index contributed by atoms with van der Waals surface area (Å²) >= 11 is 0. The molecule has 9 nitrogen and oxygen atoms in total. The Morgan fingerprint density at radius 2 is 1.76 bits per heavy atom. The highest BCUT2D eigenvalue weighted by atomic mass is 16.4. The average molecular weight is 399 g/mol. The number of hydrogen-bond acceptors (Lipinski definition) is 6. The minimum Gasteiger partial charge on any atom is -0.481 e. The largest absolute Gasteiger partial charge is 0.481 e. The van der Waals surface area contributed by atoms with Gasteiger partial charge in [0.25, 0.3) is 11.8 Å². The second-order valence-corrected chi connectivity index (χ2v) is 8.03. The maximum atomic E-state index is 12.9. The van der Waals surface area contributed by atoms with Crippen LogP contribution in [-0.2, 0) is 14.4 Å². The van der Waals surface area contributed by atoms with Gasteiger partial charge in [0.15, 0.2) is 0 Å². The zero-order chi connectivity index (χ0) is 20.9. The number of rotatable bonds is 3. The molecular weight excluding hydrogens is 378 g/mol. The molecule has 3 heterocycles. The van der Waals surface area contributed by atoms with Gasteiger partial charge < -0.3 is 10.0 Å². The molecule has 4 rings (SSSR count). The third kappa shape index (κ3) is 3.06. The number of carboxylic acid groups (broad SMARTS) is 1. The second kappa shape index (κ2) is 6.68. The number of nitrogens with zero attached hydrogens (tertiary/aromatic N) is 2. The zero-order valence-electron chi connectivity index (χ0n) is 15.9. The standard InChI is InChI=1S/C20H21N3O6/c1-20(19(28)29)6-8-22(9-7-20)11-2-3-12-13(10-11)18(27)23(17(12)26)14-4-5-15(24)21-16(14)25/h2-3,10,14H,4-9H2,1H3,(H,28,29)(H,21,24,25). The van der Waals surface area contributed by atoms with E-state index in [-0.39, 0.29) is 24.0 Å². The minimum absolute atomic E-state index is 0.0746. The van der Waals surface area contributed by atoms with E-state index in [1.165, 1.54) is 0 Å². The lowest BCUT2D eigenvalue weighted by atomic mass is 9.80. The molecule has 3 aliphatic heterocycles. The monoisotopic (exact) mass is 399 g/mol. The summed E-state index contributed by atoms with van der Waals surface area (Å²) < 4.78 is 0. The lowest BCUT2D eigenvalue weighted by molar-refractivity contribution is -0.149. The Morgan fingerprint density at radius 3 is 2.38 bits per heavy atom. The Bertz CT molecular complexity index is 948. The van der Waals surface area contributed by atoms with E-state index in [2.05, 4.69) is 5.32 Å². The fraction of sp³-hybridized carbons (Fsp3) is 0.450. The summed E-state index contributed by atoms with van der Waals surface area (Å²) in [5.74, 6) is -2.95. The number of imide groups is 2. The van der Waals surface area contributed by atoms with Crippen molar-refractivity contribution in [2.24, 2.45) is 5.41 Å². The number of anilines is 1. The maximum absolute atomic E-state index is 12.9. The number of benzene rings is 1. The molecule has 3 aliphatic rings. The highest BCUT2D eigenvalue weighted by Crippen LogP contribution is 2.35. The van der Waals surface area contributed by atoms with Gasteiger partial charge >= 0.3 is 5.97 Å². The SMILES string of the molecule is CC1(C(=O)O)CCN(c2ccc3c(c2)C(=O)N(C2CCC(=O)NC2=O)C3=O)CC1. The van der Waals surface area contributed by atoms with Crippen molar-refractivity contribution in [1.29, 1.82) is 0 Å². The number of carbonyl (C=O) groups excluding carboxylic acids is 4. The molecule has 0 spiro atoms. The third-order valence-corrected chi connectivity index (χ3v) is 6.17. The van der Waals surface area contributed by atoms with Gasteiger partial charge in [-0.2, -0.15) is 0 Å². The molecule has 0 radical (unpaired) electrons. The van der Waals surface area contributed by atoms with Crippen LogP contribution in [0.4, 0.5) is 5.69 Å². The van der Waals surface area contributed by atoms with E-state index in [4.69, 9.17) is 0 Å². The number of carbonyl (C=O) groups is 5. The summed E-state index contributed by atoms with van der Waals surface area (Å²) in [5, 5.41) is 11.5. The molecule has 1 aromatic carbocycles. The number of fused-ring (bicyclic) bond motifs is 1. The molecule has 0 bridgehead atoms. The van der Waals surface area contributed by atoms with Gasteiger partial charge in [0, 0.05) is 25.2 Å². The summed E-state index contributed by atoms with van der Waals surface area (Å²) in [7, 11) is 0. The Kier molecular flexibility index (Phi) is 4.40. The van der Waals surface area contributed by atoms with E-state index < -0.39 is 41.1 Å². The molecule has 1 aromatic rings. The zero-order valence-corrected chi connectivity index (χ0v) is 15.9. The predicted octanol–water partition coefficient (Wildman–Crippen LogP) is 0.779. The molecule has 4 amide bonds. The third-order valence-electron chi connectivity index (χ3n) is 6.17. The van der Waals surface area contributed by atoms with E-state index >= 15 is 0 Å². The van der Waals surface area contributed by atoms with Crippen molar-refractivity contribution in [2.45, 2.75) is 38.6 Å². The van der Waals surface area contributed by atoms with E-state index in [9.17, 15) is 29.1 Å². The van der Waals surface area contributed by atoms with Crippen molar-refractivity contribution in [3.63, 3.8) is 0 Å². The van der Waals surface area contributed by atoms with E-state index in [0.717, 1.165) is 10.6 Å². The average Bonchev–Trinajstić information content (AvgIpc) is 2.93. The Labute approximate surface area is 166 Å². The number of hydrogen-bond donors (Lipinski definition) is 2. The van der Waals surface area contributed by atoms with Gasteiger partial charge in [-0.05, 0) is 44.4 Å². The summed E-state index contributed by atoms with van der Waals surface area (Å²) in [6.45, 7) is 2.79. The van der Waals surface area contributed by atoms with Crippen LogP contribution in [-0.4, -0.2) is 58.7 Å².